The number of aryl methyl sites for hydroxylation is 1. The fourth-order valence-electron chi connectivity index (χ4n) is 1.90. The van der Waals surface area contributed by atoms with Gasteiger partial charge in [-0.1, -0.05) is 29.8 Å². The van der Waals surface area contributed by atoms with Crippen molar-refractivity contribution in [2.45, 2.75) is 18.2 Å². The molecule has 0 aliphatic rings. The molecule has 0 unspecified atom stereocenters. The number of benzene rings is 2. The van der Waals surface area contributed by atoms with Gasteiger partial charge in [0.05, 0.1) is 5.02 Å². The molecule has 4 nitrogen and oxygen atoms in total. The summed E-state index contributed by atoms with van der Waals surface area (Å²) in [4.78, 5) is 0.0502. The van der Waals surface area contributed by atoms with E-state index in [1.165, 1.54) is 6.07 Å². The topological polar surface area (TPSA) is 66.4 Å². The van der Waals surface area contributed by atoms with Gasteiger partial charge in [0.1, 0.15) is 4.90 Å². The lowest BCUT2D eigenvalue weighted by Crippen LogP contribution is -2.13. The molecule has 0 saturated carbocycles. The maximum absolute atomic E-state index is 12.3. The summed E-state index contributed by atoms with van der Waals surface area (Å²) in [5.41, 5.74) is 2.29. The molecule has 0 aromatic heterocycles. The number of halogens is 1. The minimum atomic E-state index is -3.72. The van der Waals surface area contributed by atoms with Crippen LogP contribution in [0.4, 0.5) is 5.69 Å². The van der Waals surface area contributed by atoms with Crippen molar-refractivity contribution in [2.24, 2.45) is 0 Å². The van der Waals surface area contributed by atoms with E-state index in [9.17, 15) is 8.42 Å². The Labute approximate surface area is 129 Å². The Morgan fingerprint density at radius 2 is 1.81 bits per heavy atom. The van der Waals surface area contributed by atoms with Crippen LogP contribution in [-0.4, -0.2) is 20.1 Å². The lowest BCUT2D eigenvalue weighted by atomic mass is 10.1. The SMILES string of the molecule is Cc1ccc(S(=O)(=O)Nc2ccc(CCO)cc2)c(Cl)c1. The van der Waals surface area contributed by atoms with E-state index >= 15 is 0 Å². The molecule has 2 rings (SSSR count). The fraction of sp³-hybridized carbons (Fsp3) is 0.200. The summed E-state index contributed by atoms with van der Waals surface area (Å²) < 4.78 is 27.1. The Morgan fingerprint density at radius 3 is 2.38 bits per heavy atom. The zero-order valence-electron chi connectivity index (χ0n) is 11.5. The van der Waals surface area contributed by atoms with Gasteiger partial charge in [0, 0.05) is 12.3 Å². The third kappa shape index (κ3) is 3.97. The smallest absolute Gasteiger partial charge is 0.263 e. The van der Waals surface area contributed by atoms with Gasteiger partial charge >= 0.3 is 0 Å². The van der Waals surface area contributed by atoms with E-state index in [2.05, 4.69) is 4.72 Å². The normalized spacial score (nSPS) is 11.4. The van der Waals surface area contributed by atoms with Crippen LogP contribution in [0.25, 0.3) is 0 Å². The molecule has 21 heavy (non-hydrogen) atoms. The molecule has 2 aromatic carbocycles. The Morgan fingerprint density at radius 1 is 1.14 bits per heavy atom. The van der Waals surface area contributed by atoms with Gasteiger partial charge < -0.3 is 5.11 Å². The first-order valence-electron chi connectivity index (χ1n) is 6.41. The molecule has 2 N–H and O–H groups in total. The van der Waals surface area contributed by atoms with Gasteiger partial charge in [-0.3, -0.25) is 4.72 Å². The van der Waals surface area contributed by atoms with Crippen LogP contribution < -0.4 is 4.72 Å². The molecule has 112 valence electrons. The molecule has 0 amide bonds. The standard InChI is InChI=1S/C15H16ClNO3S/c1-11-2-7-15(14(16)10-11)21(19,20)17-13-5-3-12(4-6-13)8-9-18/h2-7,10,17-18H,8-9H2,1H3. The van der Waals surface area contributed by atoms with Gasteiger partial charge in [-0.2, -0.15) is 0 Å². The number of rotatable bonds is 5. The van der Waals surface area contributed by atoms with Crippen molar-refractivity contribution in [3.63, 3.8) is 0 Å². The van der Waals surface area contributed by atoms with Crippen LogP contribution in [0.1, 0.15) is 11.1 Å². The molecular formula is C15H16ClNO3S. The molecule has 0 atom stereocenters. The number of sulfonamides is 1. The van der Waals surface area contributed by atoms with E-state index in [0.29, 0.717) is 12.1 Å². The van der Waals surface area contributed by atoms with Gasteiger partial charge in [-0.25, -0.2) is 8.42 Å². The summed E-state index contributed by atoms with van der Waals surface area (Å²) in [6.45, 7) is 1.90. The van der Waals surface area contributed by atoms with Crippen molar-refractivity contribution >= 4 is 27.3 Å². The molecule has 2 aromatic rings. The summed E-state index contributed by atoms with van der Waals surface area (Å²) in [6, 6.07) is 11.6. The van der Waals surface area contributed by atoms with E-state index in [1.807, 2.05) is 6.92 Å². The molecule has 6 heteroatoms. The monoisotopic (exact) mass is 325 g/mol. The number of anilines is 1. The molecule has 0 aliphatic carbocycles. The maximum Gasteiger partial charge on any atom is 0.263 e. The number of hydrogen-bond acceptors (Lipinski definition) is 3. The first-order valence-corrected chi connectivity index (χ1v) is 8.27. The highest BCUT2D eigenvalue weighted by Gasteiger charge is 2.17. The van der Waals surface area contributed by atoms with Gasteiger partial charge in [-0.05, 0) is 48.7 Å². The molecule has 0 saturated heterocycles. The van der Waals surface area contributed by atoms with Gasteiger partial charge in [-0.15, -0.1) is 0 Å². The summed E-state index contributed by atoms with van der Waals surface area (Å²) in [5, 5.41) is 9.04. The summed E-state index contributed by atoms with van der Waals surface area (Å²) in [7, 11) is -3.72. The second-order valence-electron chi connectivity index (χ2n) is 4.71. The maximum atomic E-state index is 12.3. The minimum absolute atomic E-state index is 0.0502. The highest BCUT2D eigenvalue weighted by Crippen LogP contribution is 2.24. The van der Waals surface area contributed by atoms with Crippen molar-refractivity contribution in [1.82, 2.24) is 0 Å². The summed E-state index contributed by atoms with van der Waals surface area (Å²) in [5.74, 6) is 0. The molecule has 0 spiro atoms. The van der Waals surface area contributed by atoms with Crippen LogP contribution in [0.3, 0.4) is 0 Å². The van der Waals surface area contributed by atoms with Gasteiger partial charge in [0.2, 0.25) is 0 Å². The average Bonchev–Trinajstić information content (AvgIpc) is 2.40. The molecular weight excluding hydrogens is 310 g/mol. The predicted molar refractivity (Wildman–Crippen MR) is 84.2 cm³/mol. The molecule has 0 aliphatic heterocycles. The van der Waals surface area contributed by atoms with E-state index in [1.54, 1.807) is 36.4 Å². The molecule has 0 radical (unpaired) electrons. The van der Waals surface area contributed by atoms with Crippen LogP contribution in [0.2, 0.25) is 5.02 Å². The van der Waals surface area contributed by atoms with Crippen molar-refractivity contribution in [1.29, 1.82) is 0 Å². The quantitative estimate of drug-likeness (QED) is 0.888. The number of aliphatic hydroxyl groups excluding tert-OH is 1. The number of aliphatic hydroxyl groups is 1. The zero-order chi connectivity index (χ0) is 15.5. The fourth-order valence-corrected chi connectivity index (χ4v) is 3.56. The summed E-state index contributed by atoms with van der Waals surface area (Å²) in [6.07, 6.45) is 0.539. The molecule has 0 fully saturated rings. The summed E-state index contributed by atoms with van der Waals surface area (Å²) >= 11 is 6.00. The first-order chi connectivity index (χ1) is 9.92. The number of hydrogen-bond donors (Lipinski definition) is 2. The molecule has 0 bridgehead atoms. The molecule has 0 heterocycles. The zero-order valence-corrected chi connectivity index (χ0v) is 13.1. The van der Waals surface area contributed by atoms with Crippen LogP contribution in [0.5, 0.6) is 0 Å². The van der Waals surface area contributed by atoms with Crippen LogP contribution in [0, 0.1) is 6.92 Å². The van der Waals surface area contributed by atoms with Crippen molar-refractivity contribution < 1.29 is 13.5 Å². The Bertz CT molecular complexity index is 727. The van der Waals surface area contributed by atoms with E-state index in [4.69, 9.17) is 16.7 Å². The van der Waals surface area contributed by atoms with Crippen LogP contribution in [0.15, 0.2) is 47.4 Å². The largest absolute Gasteiger partial charge is 0.396 e. The van der Waals surface area contributed by atoms with Gasteiger partial charge in [0.25, 0.3) is 10.0 Å². The second kappa shape index (κ2) is 6.47. The third-order valence-electron chi connectivity index (χ3n) is 2.98. The van der Waals surface area contributed by atoms with Crippen molar-refractivity contribution in [3.05, 3.63) is 58.6 Å². The van der Waals surface area contributed by atoms with Crippen LogP contribution in [-0.2, 0) is 16.4 Å². The predicted octanol–water partition coefficient (Wildman–Crippen LogP) is 2.98. The lowest BCUT2D eigenvalue weighted by molar-refractivity contribution is 0.299. The third-order valence-corrected chi connectivity index (χ3v) is 4.85. The van der Waals surface area contributed by atoms with Gasteiger partial charge in [0.15, 0.2) is 0 Å². The minimum Gasteiger partial charge on any atom is -0.396 e. The van der Waals surface area contributed by atoms with E-state index in [0.717, 1.165) is 11.1 Å². The second-order valence-corrected chi connectivity index (χ2v) is 6.77. The highest BCUT2D eigenvalue weighted by molar-refractivity contribution is 7.92. The first kappa shape index (κ1) is 15.8. The van der Waals surface area contributed by atoms with E-state index < -0.39 is 10.0 Å². The van der Waals surface area contributed by atoms with Crippen molar-refractivity contribution in [3.8, 4) is 0 Å². The van der Waals surface area contributed by atoms with E-state index in [-0.39, 0.29) is 16.5 Å². The highest BCUT2D eigenvalue weighted by atomic mass is 35.5. The lowest BCUT2D eigenvalue weighted by Gasteiger charge is -2.10. The van der Waals surface area contributed by atoms with Crippen LogP contribution >= 0.6 is 11.6 Å². The average molecular weight is 326 g/mol. The van der Waals surface area contributed by atoms with Crippen molar-refractivity contribution in [2.75, 3.05) is 11.3 Å². The Hall–Kier alpha value is -1.56. The number of nitrogens with one attached hydrogen (secondary N) is 1. The Kier molecular flexibility index (Phi) is 4.88. The Balaban J connectivity index is 2.24.